The number of aliphatic hydroxyl groups is 1. The van der Waals surface area contributed by atoms with Crippen LogP contribution in [0.15, 0.2) is 12.2 Å². The van der Waals surface area contributed by atoms with Crippen LogP contribution in [0, 0.1) is 5.92 Å². The Morgan fingerprint density at radius 2 is 1.37 bits per heavy atom. The minimum atomic E-state index is -0.975. The molecule has 0 fully saturated rings. The van der Waals surface area contributed by atoms with Gasteiger partial charge in [0, 0.05) is 6.42 Å². The molecule has 3 N–H and O–H groups in total. The Morgan fingerprint density at radius 1 is 0.867 bits per heavy atom. The van der Waals surface area contributed by atoms with Crippen LogP contribution in [0.2, 0.25) is 0 Å². The number of rotatable bonds is 20. The highest BCUT2D eigenvalue weighted by Gasteiger charge is 2.27. The lowest BCUT2D eigenvalue weighted by Gasteiger charge is -2.33. The number of hydrogen-bond donors (Lipinski definition) is 3. The zero-order valence-electron chi connectivity index (χ0n) is 20.8. The number of carbonyl (C=O) groups is 1. The van der Waals surface area contributed by atoms with Crippen molar-refractivity contribution in [3.8, 4) is 0 Å². The van der Waals surface area contributed by atoms with Crippen molar-refractivity contribution >= 4 is 5.91 Å². The van der Waals surface area contributed by atoms with Crippen LogP contribution in [-0.2, 0) is 4.79 Å². The zero-order valence-corrected chi connectivity index (χ0v) is 20.8. The largest absolute Gasteiger partial charge is 0.376 e. The summed E-state index contributed by atoms with van der Waals surface area (Å²) in [6, 6.07) is 0. The molecule has 1 amide bonds. The Balaban J connectivity index is 3.61. The second-order valence-corrected chi connectivity index (χ2v) is 9.31. The van der Waals surface area contributed by atoms with E-state index >= 15 is 0 Å². The van der Waals surface area contributed by atoms with Crippen molar-refractivity contribution in [1.29, 1.82) is 0 Å². The van der Waals surface area contributed by atoms with Gasteiger partial charge in [0.15, 0.2) is 0 Å². The predicted molar refractivity (Wildman–Crippen MR) is 130 cm³/mol. The van der Waals surface area contributed by atoms with Gasteiger partial charge in [-0.2, -0.15) is 0 Å². The lowest BCUT2D eigenvalue weighted by Crippen LogP contribution is -2.57. The molecule has 0 aromatic carbocycles. The first kappa shape index (κ1) is 29.1. The number of allylic oxidation sites excluding steroid dienone is 2. The third kappa shape index (κ3) is 16.9. The first-order valence-corrected chi connectivity index (χ1v) is 12.8. The van der Waals surface area contributed by atoms with E-state index in [-0.39, 0.29) is 18.0 Å². The number of amides is 1. The normalized spacial score (nSPS) is 14.9. The highest BCUT2D eigenvalue weighted by atomic mass is 16.3. The maximum atomic E-state index is 12.2. The number of nitrogens with one attached hydrogen (secondary N) is 2. The van der Waals surface area contributed by atoms with Crippen LogP contribution in [0.5, 0.6) is 0 Å². The average molecular weight is 425 g/mol. The molecule has 0 aromatic heterocycles. The van der Waals surface area contributed by atoms with Gasteiger partial charge >= 0.3 is 0 Å². The van der Waals surface area contributed by atoms with E-state index in [0.29, 0.717) is 6.42 Å². The quantitative estimate of drug-likeness (QED) is 0.114. The number of unbranched alkanes of at least 4 members (excludes halogenated alkanes) is 11. The van der Waals surface area contributed by atoms with Crippen molar-refractivity contribution in [2.45, 2.75) is 143 Å². The number of carbonyl (C=O) groups excluding carboxylic acids is 1. The fourth-order valence-corrected chi connectivity index (χ4v) is 3.38. The van der Waals surface area contributed by atoms with Crippen molar-refractivity contribution in [2.75, 3.05) is 0 Å². The first-order valence-electron chi connectivity index (χ1n) is 12.8. The predicted octanol–water partition coefficient (Wildman–Crippen LogP) is 6.83. The summed E-state index contributed by atoms with van der Waals surface area (Å²) in [6.07, 6.45) is 22.3. The summed E-state index contributed by atoms with van der Waals surface area (Å²) in [5.41, 5.74) is -0.975. The van der Waals surface area contributed by atoms with Gasteiger partial charge in [-0.1, -0.05) is 91.2 Å². The molecule has 0 saturated carbocycles. The Labute approximate surface area is 187 Å². The fourth-order valence-electron chi connectivity index (χ4n) is 3.38. The van der Waals surface area contributed by atoms with Crippen molar-refractivity contribution in [3.05, 3.63) is 12.2 Å². The third-order valence-electron chi connectivity index (χ3n) is 6.00. The highest BCUT2D eigenvalue weighted by Crippen LogP contribution is 2.14. The summed E-state index contributed by atoms with van der Waals surface area (Å²) >= 11 is 0. The molecule has 0 aliphatic carbocycles. The summed E-state index contributed by atoms with van der Waals surface area (Å²) in [5, 5.41) is 16.5. The minimum Gasteiger partial charge on any atom is -0.376 e. The van der Waals surface area contributed by atoms with Crippen LogP contribution in [0.25, 0.3) is 0 Å². The van der Waals surface area contributed by atoms with Crippen molar-refractivity contribution in [1.82, 2.24) is 10.6 Å². The van der Waals surface area contributed by atoms with Crippen LogP contribution < -0.4 is 10.6 Å². The van der Waals surface area contributed by atoms with Gasteiger partial charge in [-0.25, -0.2) is 0 Å². The lowest BCUT2D eigenvalue weighted by molar-refractivity contribution is -0.123. The average Bonchev–Trinajstić information content (AvgIpc) is 2.70. The molecule has 2 unspecified atom stereocenters. The summed E-state index contributed by atoms with van der Waals surface area (Å²) in [7, 11) is 0. The summed E-state index contributed by atoms with van der Waals surface area (Å²) in [6.45, 7) is 9.97. The van der Waals surface area contributed by atoms with Gasteiger partial charge in [0.2, 0.25) is 5.91 Å². The molecule has 0 saturated heterocycles. The molecule has 0 radical (unpaired) electrons. The zero-order chi connectivity index (χ0) is 22.7. The number of hydrogen-bond acceptors (Lipinski definition) is 3. The van der Waals surface area contributed by atoms with Gasteiger partial charge < -0.3 is 10.4 Å². The van der Waals surface area contributed by atoms with E-state index in [1.807, 2.05) is 20.8 Å². The fraction of sp³-hybridized carbons (Fsp3) is 0.885. The third-order valence-corrected chi connectivity index (χ3v) is 6.00. The van der Waals surface area contributed by atoms with Gasteiger partial charge in [-0.15, -0.1) is 0 Å². The highest BCUT2D eigenvalue weighted by molar-refractivity contribution is 5.76. The van der Waals surface area contributed by atoms with E-state index in [4.69, 9.17) is 0 Å². The molecule has 0 heterocycles. The van der Waals surface area contributed by atoms with Gasteiger partial charge in [0.25, 0.3) is 0 Å². The second-order valence-electron chi connectivity index (χ2n) is 9.31. The molecule has 178 valence electrons. The van der Waals surface area contributed by atoms with E-state index in [0.717, 1.165) is 19.3 Å². The van der Waals surface area contributed by atoms with Gasteiger partial charge in [0.05, 0.1) is 6.17 Å². The van der Waals surface area contributed by atoms with E-state index in [9.17, 15) is 9.90 Å². The van der Waals surface area contributed by atoms with Gasteiger partial charge in [-0.3, -0.25) is 10.1 Å². The molecule has 30 heavy (non-hydrogen) atoms. The summed E-state index contributed by atoms with van der Waals surface area (Å²) in [4.78, 5) is 12.2. The Morgan fingerprint density at radius 3 is 1.87 bits per heavy atom. The molecular weight excluding hydrogens is 372 g/mol. The molecule has 4 heteroatoms. The molecule has 0 aliphatic rings. The maximum Gasteiger partial charge on any atom is 0.221 e. The van der Waals surface area contributed by atoms with Crippen LogP contribution in [0.1, 0.15) is 131 Å². The first-order chi connectivity index (χ1) is 14.3. The molecule has 0 aromatic rings. The van der Waals surface area contributed by atoms with Crippen molar-refractivity contribution in [2.24, 2.45) is 5.92 Å². The van der Waals surface area contributed by atoms with Crippen LogP contribution in [0.3, 0.4) is 0 Å². The van der Waals surface area contributed by atoms with Crippen LogP contribution >= 0.6 is 0 Å². The summed E-state index contributed by atoms with van der Waals surface area (Å²) < 4.78 is 0. The molecule has 4 nitrogen and oxygen atoms in total. The Kier molecular flexibility index (Phi) is 18.3. The Bertz CT molecular complexity index is 433. The molecule has 0 rings (SSSR count). The monoisotopic (exact) mass is 424 g/mol. The van der Waals surface area contributed by atoms with Gasteiger partial charge in [0.1, 0.15) is 5.72 Å². The van der Waals surface area contributed by atoms with Crippen LogP contribution in [0.4, 0.5) is 0 Å². The molecule has 0 spiro atoms. The topological polar surface area (TPSA) is 61.4 Å². The SMILES string of the molecule is CCCCCCCC/C=C\CCCCCCCC(=O)NC(CC)NC(C)(O)C(C)C. The molecule has 2 atom stereocenters. The van der Waals surface area contributed by atoms with E-state index in [1.54, 1.807) is 6.92 Å². The summed E-state index contributed by atoms with van der Waals surface area (Å²) in [5.74, 6) is 0.153. The molecule has 0 bridgehead atoms. The smallest absolute Gasteiger partial charge is 0.221 e. The Hall–Kier alpha value is -0.870. The lowest BCUT2D eigenvalue weighted by atomic mass is 10.0. The standard InChI is InChI=1S/C26H52N2O2/c1-6-8-9-10-11-12-13-14-15-16-17-18-19-20-21-22-25(29)27-24(7-2)28-26(5,30)23(3)4/h14-15,23-24,28,30H,6-13,16-22H2,1-5H3,(H,27,29)/b15-14-. The van der Waals surface area contributed by atoms with Crippen molar-refractivity contribution < 1.29 is 9.90 Å². The molecular formula is C26H52N2O2. The van der Waals surface area contributed by atoms with E-state index < -0.39 is 5.72 Å². The van der Waals surface area contributed by atoms with Gasteiger partial charge in [-0.05, 0) is 51.4 Å². The minimum absolute atomic E-state index is 0.0755. The molecule has 0 aliphatic heterocycles. The van der Waals surface area contributed by atoms with E-state index in [1.165, 1.54) is 70.6 Å². The van der Waals surface area contributed by atoms with Crippen LogP contribution in [-0.4, -0.2) is 22.9 Å². The van der Waals surface area contributed by atoms with Crippen molar-refractivity contribution in [3.63, 3.8) is 0 Å². The second kappa shape index (κ2) is 18.9. The maximum absolute atomic E-state index is 12.2. The van der Waals surface area contributed by atoms with E-state index in [2.05, 4.69) is 29.7 Å².